The van der Waals surface area contributed by atoms with Gasteiger partial charge in [-0.25, -0.2) is 14.8 Å². The summed E-state index contributed by atoms with van der Waals surface area (Å²) in [5.41, 5.74) is 1.38. The number of fused-ring (bicyclic) bond motifs is 3. The molecule has 3 rings (SSSR count). The lowest BCUT2D eigenvalue weighted by atomic mass is 9.96. The van der Waals surface area contributed by atoms with E-state index >= 15 is 0 Å². The second-order valence-electron chi connectivity index (χ2n) is 5.44. The van der Waals surface area contributed by atoms with Crippen molar-refractivity contribution in [3.63, 3.8) is 0 Å². The van der Waals surface area contributed by atoms with Crippen molar-refractivity contribution in [2.24, 2.45) is 0 Å². The molecule has 4 nitrogen and oxygen atoms in total. The molecule has 5 heteroatoms. The second kappa shape index (κ2) is 5.13. The third-order valence-corrected chi connectivity index (χ3v) is 5.27. The molecule has 106 valence electrons. The van der Waals surface area contributed by atoms with Crippen molar-refractivity contribution in [3.8, 4) is 0 Å². The molecule has 20 heavy (non-hydrogen) atoms. The maximum Gasteiger partial charge on any atom is 0.355 e. The van der Waals surface area contributed by atoms with Gasteiger partial charge in [0, 0.05) is 16.2 Å². The van der Waals surface area contributed by atoms with Crippen LogP contribution in [-0.2, 0) is 12.8 Å². The first-order valence-electron chi connectivity index (χ1n) is 7.17. The molecule has 0 spiro atoms. The van der Waals surface area contributed by atoms with Gasteiger partial charge in [-0.2, -0.15) is 0 Å². The zero-order chi connectivity index (χ0) is 14.3. The molecular formula is C15H18N2O2S. The van der Waals surface area contributed by atoms with Crippen LogP contribution in [0.25, 0.3) is 10.2 Å². The summed E-state index contributed by atoms with van der Waals surface area (Å²) in [6.45, 7) is 4.11. The summed E-state index contributed by atoms with van der Waals surface area (Å²) in [5, 5.41) is 10.3. The van der Waals surface area contributed by atoms with E-state index in [0.29, 0.717) is 5.82 Å². The van der Waals surface area contributed by atoms with Gasteiger partial charge in [-0.05, 0) is 37.7 Å². The van der Waals surface area contributed by atoms with E-state index in [4.69, 9.17) is 0 Å². The molecule has 0 saturated heterocycles. The summed E-state index contributed by atoms with van der Waals surface area (Å²) in [5.74, 6) is -0.0826. The molecule has 0 aliphatic heterocycles. The maximum absolute atomic E-state index is 11.6. The number of aromatic carboxylic acids is 1. The molecule has 1 unspecified atom stereocenters. The Bertz CT molecular complexity index is 678. The number of rotatable bonds is 3. The van der Waals surface area contributed by atoms with Gasteiger partial charge >= 0.3 is 5.97 Å². The van der Waals surface area contributed by atoms with Crippen LogP contribution in [0.3, 0.4) is 0 Å². The van der Waals surface area contributed by atoms with E-state index in [1.165, 1.54) is 16.9 Å². The van der Waals surface area contributed by atoms with Gasteiger partial charge in [0.25, 0.3) is 0 Å². The summed E-state index contributed by atoms with van der Waals surface area (Å²) in [4.78, 5) is 22.7. The van der Waals surface area contributed by atoms with E-state index in [2.05, 4.69) is 16.9 Å². The minimum absolute atomic E-state index is 0.191. The Balaban J connectivity index is 2.28. The first-order chi connectivity index (χ1) is 9.61. The lowest BCUT2D eigenvalue weighted by Gasteiger charge is -2.12. The lowest BCUT2D eigenvalue weighted by Crippen LogP contribution is -2.09. The van der Waals surface area contributed by atoms with E-state index in [1.807, 2.05) is 6.92 Å². The number of carbonyl (C=O) groups is 1. The third-order valence-electron chi connectivity index (χ3n) is 4.09. The molecule has 1 aliphatic rings. The van der Waals surface area contributed by atoms with Gasteiger partial charge in [-0.1, -0.05) is 13.8 Å². The summed E-state index contributed by atoms with van der Waals surface area (Å²) in [7, 11) is 0. The smallest absolute Gasteiger partial charge is 0.355 e. The van der Waals surface area contributed by atoms with E-state index < -0.39 is 5.97 Å². The lowest BCUT2D eigenvalue weighted by molar-refractivity contribution is 0.0692. The minimum atomic E-state index is -0.937. The standard InChI is InChI=1S/C15H18N2O2S/c1-3-8(2)13-16-12(15(18)19)11-9-6-4-5-7-10(9)20-14(11)17-13/h8H,3-7H2,1-2H3,(H,18,19). The van der Waals surface area contributed by atoms with Crippen LogP contribution in [0.2, 0.25) is 0 Å². The van der Waals surface area contributed by atoms with Crippen LogP contribution >= 0.6 is 11.3 Å². The predicted octanol–water partition coefficient (Wildman–Crippen LogP) is 3.78. The Hall–Kier alpha value is -1.49. The fraction of sp³-hybridized carbons (Fsp3) is 0.533. The molecule has 0 aromatic carbocycles. The number of carboxylic acids is 1. The van der Waals surface area contributed by atoms with Crippen molar-refractivity contribution >= 4 is 27.5 Å². The number of thiophene rings is 1. The van der Waals surface area contributed by atoms with Gasteiger partial charge in [0.2, 0.25) is 0 Å². The van der Waals surface area contributed by atoms with Crippen molar-refractivity contribution in [2.75, 3.05) is 0 Å². The molecule has 2 aromatic heterocycles. The van der Waals surface area contributed by atoms with Gasteiger partial charge in [0.1, 0.15) is 10.7 Å². The number of nitrogens with zero attached hydrogens (tertiary/aromatic N) is 2. The highest BCUT2D eigenvalue weighted by atomic mass is 32.1. The molecule has 2 aromatic rings. The molecular weight excluding hydrogens is 272 g/mol. The summed E-state index contributed by atoms with van der Waals surface area (Å²) >= 11 is 1.66. The van der Waals surface area contributed by atoms with Crippen LogP contribution in [0.4, 0.5) is 0 Å². The Kier molecular flexibility index (Phi) is 3.46. The Morgan fingerprint density at radius 3 is 2.80 bits per heavy atom. The van der Waals surface area contributed by atoms with Crippen molar-refractivity contribution < 1.29 is 9.90 Å². The molecule has 0 bridgehead atoms. The van der Waals surface area contributed by atoms with Gasteiger partial charge in [0.15, 0.2) is 5.69 Å². The molecule has 0 amide bonds. The average molecular weight is 290 g/mol. The summed E-state index contributed by atoms with van der Waals surface area (Å²) < 4.78 is 0. The normalized spacial score (nSPS) is 16.1. The van der Waals surface area contributed by atoms with Crippen molar-refractivity contribution in [1.82, 2.24) is 9.97 Å². The van der Waals surface area contributed by atoms with Crippen LogP contribution in [0, 0.1) is 0 Å². The zero-order valence-electron chi connectivity index (χ0n) is 11.8. The van der Waals surface area contributed by atoms with Gasteiger partial charge < -0.3 is 5.11 Å². The summed E-state index contributed by atoms with van der Waals surface area (Å²) in [6, 6.07) is 0. The summed E-state index contributed by atoms with van der Waals surface area (Å²) in [6.07, 6.45) is 5.24. The fourth-order valence-electron chi connectivity index (χ4n) is 2.73. The quantitative estimate of drug-likeness (QED) is 0.934. The number of carboxylic acid groups (broad SMARTS) is 1. The maximum atomic E-state index is 11.6. The number of aryl methyl sites for hydroxylation is 2. The molecule has 0 fully saturated rings. The third kappa shape index (κ3) is 2.10. The van der Waals surface area contributed by atoms with E-state index in [-0.39, 0.29) is 11.6 Å². The number of hydrogen-bond donors (Lipinski definition) is 1. The van der Waals surface area contributed by atoms with Crippen LogP contribution in [0.1, 0.15) is 65.8 Å². The highest BCUT2D eigenvalue weighted by Gasteiger charge is 2.24. The van der Waals surface area contributed by atoms with Gasteiger partial charge in [-0.15, -0.1) is 11.3 Å². The van der Waals surface area contributed by atoms with Crippen LogP contribution in [-0.4, -0.2) is 21.0 Å². The molecule has 2 heterocycles. The van der Waals surface area contributed by atoms with E-state index in [0.717, 1.165) is 35.9 Å². The minimum Gasteiger partial charge on any atom is -0.476 e. The monoisotopic (exact) mass is 290 g/mol. The van der Waals surface area contributed by atoms with Crippen LogP contribution < -0.4 is 0 Å². The van der Waals surface area contributed by atoms with E-state index in [9.17, 15) is 9.90 Å². The van der Waals surface area contributed by atoms with Crippen LogP contribution in [0.15, 0.2) is 0 Å². The SMILES string of the molecule is CCC(C)c1nc(C(=O)O)c2c3c(sc2n1)CCCC3. The van der Waals surface area contributed by atoms with Crippen LogP contribution in [0.5, 0.6) is 0 Å². The molecule has 1 atom stereocenters. The zero-order valence-corrected chi connectivity index (χ0v) is 12.6. The second-order valence-corrected chi connectivity index (χ2v) is 6.52. The van der Waals surface area contributed by atoms with Gasteiger partial charge in [-0.3, -0.25) is 0 Å². The fourth-order valence-corrected chi connectivity index (χ4v) is 4.00. The Morgan fingerprint density at radius 1 is 1.35 bits per heavy atom. The van der Waals surface area contributed by atoms with Gasteiger partial charge in [0.05, 0.1) is 0 Å². The molecule has 1 aliphatic carbocycles. The largest absolute Gasteiger partial charge is 0.476 e. The molecule has 0 saturated carbocycles. The highest BCUT2D eigenvalue weighted by Crippen LogP contribution is 2.37. The highest BCUT2D eigenvalue weighted by molar-refractivity contribution is 7.18. The van der Waals surface area contributed by atoms with Crippen molar-refractivity contribution in [2.45, 2.75) is 51.9 Å². The molecule has 0 radical (unpaired) electrons. The number of aromatic nitrogens is 2. The van der Waals surface area contributed by atoms with Crippen molar-refractivity contribution in [1.29, 1.82) is 0 Å². The first kappa shape index (κ1) is 13.5. The Morgan fingerprint density at radius 2 is 2.10 bits per heavy atom. The topological polar surface area (TPSA) is 63.1 Å². The predicted molar refractivity (Wildman–Crippen MR) is 79.7 cm³/mol. The number of hydrogen-bond acceptors (Lipinski definition) is 4. The molecule has 1 N–H and O–H groups in total. The Labute approximate surface area is 121 Å². The van der Waals surface area contributed by atoms with E-state index in [1.54, 1.807) is 11.3 Å². The van der Waals surface area contributed by atoms with Crippen molar-refractivity contribution in [3.05, 3.63) is 22.0 Å². The first-order valence-corrected chi connectivity index (χ1v) is 7.99. The average Bonchev–Trinajstić information content (AvgIpc) is 2.83.